The summed E-state index contributed by atoms with van der Waals surface area (Å²) < 4.78 is 0. The minimum absolute atomic E-state index is 0.0202. The lowest BCUT2D eigenvalue weighted by Gasteiger charge is -2.11. The number of hydrogen-bond donors (Lipinski definition) is 2. The SMILES string of the molecule is Cc1cc(C)cc(Nc2ncnc(Nc3cccnc3Cl)c2[N+](=O)[O-])c1. The first-order chi connectivity index (χ1) is 12.4. The van der Waals surface area contributed by atoms with Crippen molar-refractivity contribution in [2.24, 2.45) is 0 Å². The maximum atomic E-state index is 11.6. The van der Waals surface area contributed by atoms with E-state index < -0.39 is 4.92 Å². The molecule has 0 saturated heterocycles. The smallest absolute Gasteiger partial charge is 0.334 e. The number of pyridine rings is 1. The standard InChI is InChI=1S/C17H15ClN6O2/c1-10-6-11(2)8-12(7-10)22-16-14(24(25)26)17(21-9-20-16)23-13-4-3-5-19-15(13)18/h3-9H,1-2H3,(H2,20,21,22,23). The number of halogens is 1. The van der Waals surface area contributed by atoms with Crippen molar-refractivity contribution in [1.82, 2.24) is 15.0 Å². The topological polar surface area (TPSA) is 106 Å². The molecule has 26 heavy (non-hydrogen) atoms. The molecule has 2 heterocycles. The van der Waals surface area contributed by atoms with Gasteiger partial charge in [-0.2, -0.15) is 0 Å². The number of rotatable bonds is 5. The van der Waals surface area contributed by atoms with E-state index in [1.54, 1.807) is 12.1 Å². The normalized spacial score (nSPS) is 10.4. The van der Waals surface area contributed by atoms with Gasteiger partial charge in [0.05, 0.1) is 10.6 Å². The molecule has 132 valence electrons. The molecule has 0 spiro atoms. The average Bonchev–Trinajstić information content (AvgIpc) is 2.56. The van der Waals surface area contributed by atoms with Crippen molar-refractivity contribution in [3.05, 3.63) is 69.3 Å². The van der Waals surface area contributed by atoms with E-state index in [0.29, 0.717) is 11.4 Å². The molecule has 0 amide bonds. The molecule has 2 N–H and O–H groups in total. The molecule has 0 aliphatic rings. The fourth-order valence-electron chi connectivity index (χ4n) is 2.53. The second-order valence-corrected chi connectivity index (χ2v) is 6.00. The molecule has 9 heteroatoms. The number of aromatic nitrogens is 3. The Morgan fingerprint density at radius 2 is 1.69 bits per heavy atom. The van der Waals surface area contributed by atoms with Gasteiger partial charge in [-0.3, -0.25) is 10.1 Å². The van der Waals surface area contributed by atoms with Gasteiger partial charge >= 0.3 is 5.69 Å². The highest BCUT2D eigenvalue weighted by atomic mass is 35.5. The first kappa shape index (κ1) is 17.6. The van der Waals surface area contributed by atoms with Crippen molar-refractivity contribution in [3.8, 4) is 0 Å². The van der Waals surface area contributed by atoms with Crippen molar-refractivity contribution in [2.45, 2.75) is 13.8 Å². The van der Waals surface area contributed by atoms with Crippen molar-refractivity contribution >= 4 is 40.3 Å². The summed E-state index contributed by atoms with van der Waals surface area (Å²) in [4.78, 5) is 23.0. The van der Waals surface area contributed by atoms with Crippen LogP contribution in [-0.2, 0) is 0 Å². The number of aryl methyl sites for hydroxylation is 2. The predicted molar refractivity (Wildman–Crippen MR) is 100 cm³/mol. The molecule has 0 aliphatic carbocycles. The van der Waals surface area contributed by atoms with Gasteiger partial charge in [0.15, 0.2) is 5.15 Å². The fourth-order valence-corrected chi connectivity index (χ4v) is 2.69. The summed E-state index contributed by atoms with van der Waals surface area (Å²) in [6.07, 6.45) is 2.76. The van der Waals surface area contributed by atoms with Gasteiger partial charge in [-0.15, -0.1) is 0 Å². The van der Waals surface area contributed by atoms with Gasteiger partial charge in [0, 0.05) is 11.9 Å². The van der Waals surface area contributed by atoms with Crippen molar-refractivity contribution in [3.63, 3.8) is 0 Å². The van der Waals surface area contributed by atoms with Crippen LogP contribution in [0, 0.1) is 24.0 Å². The zero-order valence-electron chi connectivity index (χ0n) is 14.0. The van der Waals surface area contributed by atoms with Crippen LogP contribution in [-0.4, -0.2) is 19.9 Å². The lowest BCUT2D eigenvalue weighted by Crippen LogP contribution is -2.06. The summed E-state index contributed by atoms with van der Waals surface area (Å²) in [6, 6.07) is 9.08. The van der Waals surface area contributed by atoms with Crippen LogP contribution in [0.3, 0.4) is 0 Å². The molecular formula is C17H15ClN6O2. The third kappa shape index (κ3) is 3.86. The molecule has 0 fully saturated rings. The Hall–Kier alpha value is -3.26. The van der Waals surface area contributed by atoms with E-state index in [-0.39, 0.29) is 22.5 Å². The van der Waals surface area contributed by atoms with E-state index in [1.165, 1.54) is 12.5 Å². The van der Waals surface area contributed by atoms with Gasteiger partial charge in [-0.1, -0.05) is 17.7 Å². The largest absolute Gasteiger partial charge is 0.353 e. The van der Waals surface area contributed by atoms with Gasteiger partial charge in [0.2, 0.25) is 11.6 Å². The van der Waals surface area contributed by atoms with E-state index in [1.807, 2.05) is 32.0 Å². The molecule has 0 saturated carbocycles. The molecule has 0 unspecified atom stereocenters. The number of nitrogens with one attached hydrogen (secondary N) is 2. The summed E-state index contributed by atoms with van der Waals surface area (Å²) in [5.41, 5.74) is 2.89. The summed E-state index contributed by atoms with van der Waals surface area (Å²) in [6.45, 7) is 3.90. The molecule has 2 aromatic heterocycles. The Bertz CT molecular complexity index is 959. The quantitative estimate of drug-likeness (QED) is 0.386. The van der Waals surface area contributed by atoms with Crippen LogP contribution in [0.1, 0.15) is 11.1 Å². The number of benzene rings is 1. The van der Waals surface area contributed by atoms with Crippen molar-refractivity contribution in [1.29, 1.82) is 0 Å². The Kier molecular flexibility index (Phi) is 4.94. The Labute approximate surface area is 154 Å². The third-order valence-corrected chi connectivity index (χ3v) is 3.80. The maximum Gasteiger partial charge on any atom is 0.353 e. The van der Waals surface area contributed by atoms with Crippen molar-refractivity contribution < 1.29 is 4.92 Å². The van der Waals surface area contributed by atoms with Crippen LogP contribution in [0.5, 0.6) is 0 Å². The molecule has 3 aromatic rings. The number of nitro groups is 1. The Morgan fingerprint density at radius 1 is 1.04 bits per heavy atom. The van der Waals surface area contributed by atoms with Gasteiger partial charge in [0.25, 0.3) is 0 Å². The molecule has 0 aliphatic heterocycles. The zero-order chi connectivity index (χ0) is 18.7. The predicted octanol–water partition coefficient (Wildman–Crippen LogP) is 4.54. The van der Waals surface area contributed by atoms with E-state index >= 15 is 0 Å². The van der Waals surface area contributed by atoms with Crippen LogP contribution in [0.25, 0.3) is 0 Å². The minimum atomic E-state index is -0.544. The Balaban J connectivity index is 2.01. The van der Waals surface area contributed by atoms with Gasteiger partial charge in [0.1, 0.15) is 6.33 Å². The molecule has 0 radical (unpaired) electrons. The van der Waals surface area contributed by atoms with E-state index in [9.17, 15) is 10.1 Å². The highest BCUT2D eigenvalue weighted by molar-refractivity contribution is 6.32. The first-order valence-electron chi connectivity index (χ1n) is 7.66. The van der Waals surface area contributed by atoms with Crippen LogP contribution < -0.4 is 10.6 Å². The highest BCUT2D eigenvalue weighted by Crippen LogP contribution is 2.34. The van der Waals surface area contributed by atoms with Crippen LogP contribution >= 0.6 is 11.6 Å². The Morgan fingerprint density at radius 3 is 2.31 bits per heavy atom. The second kappa shape index (κ2) is 7.32. The minimum Gasteiger partial charge on any atom is -0.334 e. The van der Waals surface area contributed by atoms with Crippen LogP contribution in [0.4, 0.5) is 28.7 Å². The molecule has 1 aromatic carbocycles. The summed E-state index contributed by atoms with van der Waals surface area (Å²) in [7, 11) is 0. The third-order valence-electron chi connectivity index (χ3n) is 3.50. The highest BCUT2D eigenvalue weighted by Gasteiger charge is 2.24. The molecule has 8 nitrogen and oxygen atoms in total. The second-order valence-electron chi connectivity index (χ2n) is 5.64. The molecular weight excluding hydrogens is 356 g/mol. The van der Waals surface area contributed by atoms with E-state index in [4.69, 9.17) is 11.6 Å². The number of nitrogens with zero attached hydrogens (tertiary/aromatic N) is 4. The van der Waals surface area contributed by atoms with Crippen LogP contribution in [0.15, 0.2) is 42.9 Å². The molecule has 0 atom stereocenters. The average molecular weight is 371 g/mol. The number of hydrogen-bond acceptors (Lipinski definition) is 7. The van der Waals surface area contributed by atoms with E-state index in [0.717, 1.165) is 11.1 Å². The van der Waals surface area contributed by atoms with Crippen molar-refractivity contribution in [2.75, 3.05) is 10.6 Å². The maximum absolute atomic E-state index is 11.6. The lowest BCUT2D eigenvalue weighted by atomic mass is 10.1. The summed E-state index contributed by atoms with van der Waals surface area (Å²) in [5, 5.41) is 17.7. The summed E-state index contributed by atoms with van der Waals surface area (Å²) >= 11 is 6.01. The number of anilines is 4. The fraction of sp³-hybridized carbons (Fsp3) is 0.118. The first-order valence-corrected chi connectivity index (χ1v) is 8.04. The molecule has 3 rings (SSSR count). The van der Waals surface area contributed by atoms with E-state index in [2.05, 4.69) is 25.6 Å². The lowest BCUT2D eigenvalue weighted by molar-refractivity contribution is -0.383. The zero-order valence-corrected chi connectivity index (χ0v) is 14.8. The van der Waals surface area contributed by atoms with Crippen LogP contribution in [0.2, 0.25) is 5.15 Å². The molecule has 0 bridgehead atoms. The van der Waals surface area contributed by atoms with Gasteiger partial charge < -0.3 is 10.6 Å². The monoisotopic (exact) mass is 370 g/mol. The van der Waals surface area contributed by atoms with Gasteiger partial charge in [-0.25, -0.2) is 15.0 Å². The van der Waals surface area contributed by atoms with Gasteiger partial charge in [-0.05, 0) is 49.2 Å². The summed E-state index contributed by atoms with van der Waals surface area (Å²) in [5.74, 6) is 0.101.